The molecule has 0 aromatic rings. The fraction of sp³-hybridized carbons (Fsp3) is 0.846. The molecule has 3 heteroatoms. The normalized spacial score (nSPS) is 27.5. The number of nitrogens with zero attached hydrogens (tertiary/aromatic N) is 1. The second-order valence-electron chi connectivity index (χ2n) is 4.80. The van der Waals surface area contributed by atoms with Crippen molar-refractivity contribution < 1.29 is 4.74 Å². The van der Waals surface area contributed by atoms with Crippen molar-refractivity contribution in [3.63, 3.8) is 0 Å². The van der Waals surface area contributed by atoms with Crippen molar-refractivity contribution in [2.45, 2.75) is 37.3 Å². The highest BCUT2D eigenvalue weighted by molar-refractivity contribution is 5.15. The molecule has 1 atom stereocenters. The highest BCUT2D eigenvalue weighted by atomic mass is 16.5. The molecule has 1 heterocycles. The van der Waals surface area contributed by atoms with Crippen LogP contribution in [-0.2, 0) is 4.74 Å². The maximum absolute atomic E-state index is 5.68. The largest absolute Gasteiger partial charge is 0.379 e. The van der Waals surface area contributed by atoms with Gasteiger partial charge in [0.25, 0.3) is 0 Å². The molecule has 1 N–H and O–H groups in total. The van der Waals surface area contributed by atoms with Crippen molar-refractivity contribution in [2.24, 2.45) is 0 Å². The lowest BCUT2D eigenvalue weighted by Crippen LogP contribution is -2.61. The number of terminal acetylenes is 1. The number of ether oxygens (including phenoxy) is 1. The van der Waals surface area contributed by atoms with Gasteiger partial charge < -0.3 is 10.1 Å². The molecule has 3 nitrogen and oxygen atoms in total. The van der Waals surface area contributed by atoms with Crippen LogP contribution < -0.4 is 5.32 Å². The number of hydrogen-bond donors (Lipinski definition) is 1. The molecule has 2 fully saturated rings. The molecule has 2 aliphatic rings. The van der Waals surface area contributed by atoms with Crippen LogP contribution in [0.3, 0.4) is 0 Å². The van der Waals surface area contributed by atoms with Crippen LogP contribution in [0, 0.1) is 12.3 Å². The van der Waals surface area contributed by atoms with Crippen LogP contribution in [0.15, 0.2) is 0 Å². The second-order valence-corrected chi connectivity index (χ2v) is 4.80. The van der Waals surface area contributed by atoms with Gasteiger partial charge in [0.05, 0.1) is 19.3 Å². The zero-order valence-corrected chi connectivity index (χ0v) is 10.2. The first-order chi connectivity index (χ1) is 7.83. The number of nitrogens with one attached hydrogen (secondary N) is 1. The summed E-state index contributed by atoms with van der Waals surface area (Å²) in [7, 11) is 1.98. The van der Waals surface area contributed by atoms with Gasteiger partial charge >= 0.3 is 0 Å². The molecule has 1 saturated heterocycles. The molecular formula is C13H22N2O. The summed E-state index contributed by atoms with van der Waals surface area (Å²) in [6.45, 7) is 3.76. The molecule has 1 aliphatic heterocycles. The van der Waals surface area contributed by atoms with Crippen molar-refractivity contribution in [2.75, 3.05) is 33.4 Å². The van der Waals surface area contributed by atoms with Gasteiger partial charge in [0.2, 0.25) is 0 Å². The lowest BCUT2D eigenvalue weighted by atomic mass is 9.86. The van der Waals surface area contributed by atoms with Gasteiger partial charge in [-0.05, 0) is 19.9 Å². The van der Waals surface area contributed by atoms with Gasteiger partial charge in [-0.3, -0.25) is 4.90 Å². The first-order valence-electron chi connectivity index (χ1n) is 6.30. The Bertz CT molecular complexity index is 260. The van der Waals surface area contributed by atoms with Crippen molar-refractivity contribution in [3.05, 3.63) is 0 Å². The summed E-state index contributed by atoms with van der Waals surface area (Å²) in [5, 5.41) is 3.31. The second kappa shape index (κ2) is 5.18. The van der Waals surface area contributed by atoms with Crippen molar-refractivity contribution in [1.29, 1.82) is 0 Å². The van der Waals surface area contributed by atoms with Gasteiger partial charge in [0, 0.05) is 18.6 Å². The summed E-state index contributed by atoms with van der Waals surface area (Å²) in [4.78, 5) is 2.56. The Labute approximate surface area is 98.5 Å². The summed E-state index contributed by atoms with van der Waals surface area (Å²) >= 11 is 0. The van der Waals surface area contributed by atoms with E-state index in [4.69, 9.17) is 11.2 Å². The average Bonchev–Trinajstić information content (AvgIpc) is 2.82. The Morgan fingerprint density at radius 1 is 1.31 bits per heavy atom. The van der Waals surface area contributed by atoms with E-state index in [1.807, 2.05) is 7.05 Å². The van der Waals surface area contributed by atoms with E-state index < -0.39 is 0 Å². The lowest BCUT2D eigenvalue weighted by Gasteiger charge is -2.46. The lowest BCUT2D eigenvalue weighted by molar-refractivity contribution is -0.0275. The van der Waals surface area contributed by atoms with E-state index in [0.29, 0.717) is 0 Å². The number of hydrogen-bond acceptors (Lipinski definition) is 3. The zero-order chi connectivity index (χ0) is 11.4. The quantitative estimate of drug-likeness (QED) is 0.717. The summed E-state index contributed by atoms with van der Waals surface area (Å²) < 4.78 is 5.44. The molecule has 0 spiro atoms. The molecule has 90 valence electrons. The van der Waals surface area contributed by atoms with Crippen LogP contribution >= 0.6 is 0 Å². The van der Waals surface area contributed by atoms with Crippen molar-refractivity contribution >= 4 is 0 Å². The van der Waals surface area contributed by atoms with Crippen LogP contribution in [0.1, 0.15) is 25.7 Å². The highest BCUT2D eigenvalue weighted by Crippen LogP contribution is 2.38. The minimum absolute atomic E-state index is 0.174. The Balaban J connectivity index is 2.17. The summed E-state index contributed by atoms with van der Waals surface area (Å²) in [5.41, 5.74) is 0.188. The van der Waals surface area contributed by atoms with Crippen molar-refractivity contribution in [3.8, 4) is 12.3 Å². The van der Waals surface area contributed by atoms with E-state index >= 15 is 0 Å². The minimum atomic E-state index is 0.174. The third-order valence-electron chi connectivity index (χ3n) is 4.10. The average molecular weight is 222 g/mol. The third-order valence-corrected chi connectivity index (χ3v) is 4.10. The van der Waals surface area contributed by atoms with Crippen LogP contribution in [0.25, 0.3) is 0 Å². The van der Waals surface area contributed by atoms with Gasteiger partial charge in [0.15, 0.2) is 0 Å². The molecule has 0 amide bonds. The molecule has 1 aliphatic carbocycles. The van der Waals surface area contributed by atoms with Gasteiger partial charge in [-0.25, -0.2) is 0 Å². The van der Waals surface area contributed by atoms with Crippen LogP contribution in [0.4, 0.5) is 0 Å². The van der Waals surface area contributed by atoms with Crippen LogP contribution in [0.5, 0.6) is 0 Å². The number of morpholine rings is 1. The third kappa shape index (κ3) is 1.98. The smallest absolute Gasteiger partial charge is 0.0871 e. The monoisotopic (exact) mass is 222 g/mol. The number of likely N-dealkylation sites (N-methyl/N-ethyl adjacent to an activating group) is 1. The Morgan fingerprint density at radius 3 is 2.44 bits per heavy atom. The molecule has 0 aromatic carbocycles. The molecule has 1 unspecified atom stereocenters. The minimum Gasteiger partial charge on any atom is -0.379 e. The molecule has 2 rings (SSSR count). The highest BCUT2D eigenvalue weighted by Gasteiger charge is 2.45. The van der Waals surface area contributed by atoms with Crippen LogP contribution in [0.2, 0.25) is 0 Å². The van der Waals surface area contributed by atoms with E-state index in [0.717, 1.165) is 26.3 Å². The molecule has 0 aromatic heterocycles. The summed E-state index contributed by atoms with van der Waals surface area (Å²) in [6, 6.07) is 0.174. The first kappa shape index (κ1) is 11.9. The SMILES string of the molecule is C#CC(NC)C1(N2CCOCC2)CCCC1. The Hall–Kier alpha value is -0.560. The number of rotatable bonds is 3. The first-order valence-corrected chi connectivity index (χ1v) is 6.30. The van der Waals surface area contributed by atoms with Gasteiger partial charge in [-0.1, -0.05) is 18.8 Å². The van der Waals surface area contributed by atoms with Gasteiger partial charge in [-0.2, -0.15) is 0 Å². The topological polar surface area (TPSA) is 24.5 Å². The zero-order valence-electron chi connectivity index (χ0n) is 10.2. The molecule has 0 radical (unpaired) electrons. The Morgan fingerprint density at radius 2 is 1.94 bits per heavy atom. The van der Waals surface area contributed by atoms with E-state index in [1.165, 1.54) is 25.7 Å². The molecule has 0 bridgehead atoms. The fourth-order valence-corrected chi connectivity index (χ4v) is 3.29. The summed E-state index contributed by atoms with van der Waals surface area (Å²) in [6.07, 6.45) is 10.7. The van der Waals surface area contributed by atoms with Gasteiger partial charge in [-0.15, -0.1) is 6.42 Å². The predicted molar refractivity (Wildman–Crippen MR) is 65.3 cm³/mol. The van der Waals surface area contributed by atoms with Crippen LogP contribution in [-0.4, -0.2) is 49.8 Å². The fourth-order valence-electron chi connectivity index (χ4n) is 3.29. The van der Waals surface area contributed by atoms with E-state index in [9.17, 15) is 0 Å². The maximum Gasteiger partial charge on any atom is 0.0871 e. The molecule has 16 heavy (non-hydrogen) atoms. The van der Waals surface area contributed by atoms with E-state index in [1.54, 1.807) is 0 Å². The standard InChI is InChI=1S/C13H22N2O/c1-3-12(14-2)13(6-4-5-7-13)15-8-10-16-11-9-15/h1,12,14H,4-11H2,2H3. The maximum atomic E-state index is 5.68. The molecule has 1 saturated carbocycles. The van der Waals surface area contributed by atoms with Crippen molar-refractivity contribution in [1.82, 2.24) is 10.2 Å². The van der Waals surface area contributed by atoms with E-state index in [2.05, 4.69) is 16.1 Å². The van der Waals surface area contributed by atoms with Gasteiger partial charge in [0.1, 0.15) is 0 Å². The predicted octanol–water partition coefficient (Wildman–Crippen LogP) is 0.853. The summed E-state index contributed by atoms with van der Waals surface area (Å²) in [5.74, 6) is 2.94. The van der Waals surface area contributed by atoms with E-state index in [-0.39, 0.29) is 11.6 Å². The Kier molecular flexibility index (Phi) is 3.86. The molecular weight excluding hydrogens is 200 g/mol.